The van der Waals surface area contributed by atoms with E-state index in [9.17, 15) is 44.3 Å². The maximum atomic E-state index is 13.9. The van der Waals surface area contributed by atoms with Crippen LogP contribution in [0.4, 0.5) is 54.3 Å². The van der Waals surface area contributed by atoms with Gasteiger partial charge in [0.15, 0.2) is 5.82 Å². The van der Waals surface area contributed by atoms with Crippen molar-refractivity contribution >= 4 is 61.6 Å². The molecule has 4 saturated heterocycles. The summed E-state index contributed by atoms with van der Waals surface area (Å²) in [5.41, 5.74) is 0.589. The Morgan fingerprint density at radius 3 is 2.27 bits per heavy atom. The lowest BCUT2D eigenvalue weighted by Gasteiger charge is -2.40. The van der Waals surface area contributed by atoms with Crippen molar-refractivity contribution in [3.63, 3.8) is 0 Å². The Bertz CT molecular complexity index is 2620. The first-order chi connectivity index (χ1) is 31.9. The van der Waals surface area contributed by atoms with E-state index >= 15 is 0 Å². The Kier molecular flexibility index (Phi) is 13.7. The number of imide groups is 1. The third-order valence-electron chi connectivity index (χ3n) is 12.7. The van der Waals surface area contributed by atoms with Crippen LogP contribution in [0.25, 0.3) is 16.5 Å². The number of carbonyl (C=O) groups is 2. The summed E-state index contributed by atoms with van der Waals surface area (Å²) in [5, 5.41) is 12.7. The van der Waals surface area contributed by atoms with Crippen molar-refractivity contribution in [3.8, 4) is 0 Å². The molecule has 0 unspecified atom stereocenters. The van der Waals surface area contributed by atoms with Crippen LogP contribution in [-0.2, 0) is 28.0 Å². The van der Waals surface area contributed by atoms with Crippen molar-refractivity contribution in [2.24, 2.45) is 13.0 Å². The van der Waals surface area contributed by atoms with Gasteiger partial charge in [-0.15, -0.1) is 0 Å². The van der Waals surface area contributed by atoms with Crippen LogP contribution in [0.15, 0.2) is 72.4 Å². The minimum atomic E-state index is -4.90. The minimum Gasteiger partial charge on any atom is -0.382 e. The smallest absolute Gasteiger partial charge is 0.382 e. The molecule has 0 bridgehead atoms. The van der Waals surface area contributed by atoms with Gasteiger partial charge in [0, 0.05) is 120 Å². The highest BCUT2D eigenvalue weighted by Gasteiger charge is 2.37. The Hall–Kier alpha value is -5.94. The molecule has 3 N–H and O–H groups in total. The number of anilines is 4. The maximum absolute atomic E-state index is 13.9. The van der Waals surface area contributed by atoms with E-state index in [0.29, 0.717) is 30.8 Å². The van der Waals surface area contributed by atoms with E-state index in [2.05, 4.69) is 59.1 Å². The molecule has 23 heteroatoms. The number of carbonyl (C=O) groups excluding carboxylic acids is 2. The summed E-state index contributed by atoms with van der Waals surface area (Å²) >= 11 is 0. The summed E-state index contributed by atoms with van der Waals surface area (Å²) in [4.78, 5) is 40.8. The van der Waals surface area contributed by atoms with Gasteiger partial charge in [0.1, 0.15) is 12.1 Å². The summed E-state index contributed by atoms with van der Waals surface area (Å²) in [6.45, 7) is 8.61. The van der Waals surface area contributed by atoms with Gasteiger partial charge >= 0.3 is 18.4 Å². The summed E-state index contributed by atoms with van der Waals surface area (Å²) in [6, 6.07) is 12.2. The lowest BCUT2D eigenvalue weighted by molar-refractivity contribution is -0.138. The molecule has 6 heterocycles. The van der Waals surface area contributed by atoms with E-state index in [1.54, 1.807) is 22.9 Å². The van der Waals surface area contributed by atoms with Crippen LogP contribution in [0, 0.1) is 5.92 Å². The van der Waals surface area contributed by atoms with Crippen molar-refractivity contribution < 1.29 is 44.3 Å². The Morgan fingerprint density at radius 2 is 1.60 bits per heavy atom. The van der Waals surface area contributed by atoms with Crippen LogP contribution in [0.1, 0.15) is 43.4 Å². The Labute approximate surface area is 383 Å². The molecule has 0 radical (unpaired) electrons. The number of nitrogens with zero attached hydrogens (tertiary/aromatic N) is 9. The Morgan fingerprint density at radius 1 is 0.896 bits per heavy atom. The van der Waals surface area contributed by atoms with Crippen molar-refractivity contribution in [3.05, 3.63) is 78.8 Å². The molecular weight excluding hydrogens is 907 g/mol. The molecule has 4 fully saturated rings. The van der Waals surface area contributed by atoms with Crippen molar-refractivity contribution in [2.45, 2.75) is 55.4 Å². The fourth-order valence-electron chi connectivity index (χ4n) is 9.11. The standard InChI is InChI=1S/C44H52F6N12O4S/c1-3-30(25-51-28-43(45,46)47)39-36(44(48,49)50)26-52-41(55-39)53-31-11-16-61(17-12-31)67(65,66)34-6-4-5-32(23-34)59-14-9-29(10-15-59)27-58-19-21-60(22-20-58)33-7-8-35-37(24-33)57(2)56-40(35)62-18-13-38(63)54-42(62)64/h3-8,23-26,29,31,51H,1,9-22,27-28H2,2H3,(H,52,53,55)(H,54,63,64)/b30-25+. The summed E-state index contributed by atoms with van der Waals surface area (Å²) in [5.74, 6) is 0.551. The number of urea groups is 1. The normalized spacial score (nSPS) is 19.3. The van der Waals surface area contributed by atoms with Crippen LogP contribution >= 0.6 is 0 Å². The number of nitrogens with one attached hydrogen (secondary N) is 3. The third-order valence-corrected chi connectivity index (χ3v) is 14.6. The number of amides is 3. The molecule has 0 aliphatic carbocycles. The molecular formula is C44H52F6N12O4S. The number of piperidine rings is 2. The number of hydrogen-bond donors (Lipinski definition) is 3. The number of allylic oxidation sites excluding steroid dienone is 2. The number of benzene rings is 2. The molecule has 16 nitrogen and oxygen atoms in total. The predicted octanol–water partition coefficient (Wildman–Crippen LogP) is 5.81. The molecule has 4 aromatic rings. The average Bonchev–Trinajstić information content (AvgIpc) is 3.62. The van der Waals surface area contributed by atoms with Crippen molar-refractivity contribution in [1.29, 1.82) is 0 Å². The SMILES string of the molecule is C=C/C(=C\NCC(F)(F)F)c1nc(NC2CCN(S(=O)(=O)c3cccc(N4CCC(CN5CCN(c6ccc7c(N8CCC(=O)NC8=O)nn(C)c7c6)CC5)CC4)c3)CC2)ncc1C(F)(F)F. The second-order valence-corrected chi connectivity index (χ2v) is 19.1. The molecule has 2 aromatic carbocycles. The highest BCUT2D eigenvalue weighted by atomic mass is 32.2. The van der Waals surface area contributed by atoms with Crippen LogP contribution in [0.3, 0.4) is 0 Å². The molecule has 4 aliphatic heterocycles. The molecule has 4 aliphatic rings. The Balaban J connectivity index is 0.812. The largest absolute Gasteiger partial charge is 0.419 e. The van der Waals surface area contributed by atoms with Crippen molar-refractivity contribution in [1.82, 2.24) is 39.6 Å². The molecule has 3 amide bonds. The lowest BCUT2D eigenvalue weighted by Crippen LogP contribution is -2.49. The van der Waals surface area contributed by atoms with Gasteiger partial charge in [0.05, 0.1) is 16.1 Å². The van der Waals surface area contributed by atoms with E-state index in [4.69, 9.17) is 0 Å². The van der Waals surface area contributed by atoms with Gasteiger partial charge in [-0.05, 0) is 68.0 Å². The molecule has 0 atom stereocenters. The fourth-order valence-corrected chi connectivity index (χ4v) is 10.6. The van der Waals surface area contributed by atoms with Gasteiger partial charge in [-0.1, -0.05) is 18.7 Å². The lowest BCUT2D eigenvalue weighted by atomic mass is 9.95. The number of aryl methyl sites for hydroxylation is 1. The predicted molar refractivity (Wildman–Crippen MR) is 241 cm³/mol. The number of fused-ring (bicyclic) bond motifs is 1. The highest BCUT2D eigenvalue weighted by Crippen LogP contribution is 2.36. The number of hydrogen-bond acceptors (Lipinski definition) is 12. The van der Waals surface area contributed by atoms with Gasteiger partial charge < -0.3 is 20.4 Å². The van der Waals surface area contributed by atoms with Gasteiger partial charge in [0.25, 0.3) is 0 Å². The number of aromatic nitrogens is 4. The quantitative estimate of drug-likeness (QED) is 0.109. The monoisotopic (exact) mass is 958 g/mol. The van der Waals surface area contributed by atoms with Crippen LogP contribution in [-0.4, -0.2) is 134 Å². The molecule has 0 spiro atoms. The second kappa shape index (κ2) is 19.3. The first-order valence-electron chi connectivity index (χ1n) is 22.1. The minimum absolute atomic E-state index is 0.127. The summed E-state index contributed by atoms with van der Waals surface area (Å²) in [6.07, 6.45) is -4.47. The van der Waals surface area contributed by atoms with Crippen molar-refractivity contribution in [2.75, 3.05) is 92.0 Å². The van der Waals surface area contributed by atoms with E-state index in [-0.39, 0.29) is 48.4 Å². The van der Waals surface area contributed by atoms with E-state index in [1.165, 1.54) is 9.21 Å². The molecule has 67 heavy (non-hydrogen) atoms. The van der Waals surface area contributed by atoms with E-state index in [0.717, 1.165) is 93.2 Å². The number of sulfonamides is 1. The topological polar surface area (TPSA) is 164 Å². The van der Waals surface area contributed by atoms with Gasteiger partial charge in [-0.25, -0.2) is 23.2 Å². The van der Waals surface area contributed by atoms with Gasteiger partial charge in [-0.2, -0.15) is 35.7 Å². The zero-order chi connectivity index (χ0) is 47.7. The number of alkyl halides is 6. The first-order valence-corrected chi connectivity index (χ1v) is 23.5. The van der Waals surface area contributed by atoms with Gasteiger partial charge in [0.2, 0.25) is 21.9 Å². The zero-order valence-corrected chi connectivity index (χ0v) is 37.6. The average molecular weight is 959 g/mol. The molecule has 8 rings (SSSR count). The summed E-state index contributed by atoms with van der Waals surface area (Å²) < 4.78 is 111. The molecule has 0 saturated carbocycles. The second-order valence-electron chi connectivity index (χ2n) is 17.2. The fraction of sp³-hybridized carbons (Fsp3) is 0.477. The number of piperazine rings is 1. The van der Waals surface area contributed by atoms with Crippen LogP contribution in [0.5, 0.6) is 0 Å². The number of halogens is 6. The molecule has 2 aromatic heterocycles. The third kappa shape index (κ3) is 10.9. The molecule has 360 valence electrons. The van der Waals surface area contributed by atoms with Crippen LogP contribution in [0.2, 0.25) is 0 Å². The first kappa shape index (κ1) is 47.5. The maximum Gasteiger partial charge on any atom is 0.419 e. The zero-order valence-electron chi connectivity index (χ0n) is 36.8. The van der Waals surface area contributed by atoms with Gasteiger partial charge in [-0.3, -0.25) is 24.6 Å². The number of rotatable bonds is 13. The van der Waals surface area contributed by atoms with E-state index < -0.39 is 52.3 Å². The summed E-state index contributed by atoms with van der Waals surface area (Å²) in [7, 11) is -2.03. The van der Waals surface area contributed by atoms with E-state index in [1.807, 2.05) is 24.5 Å². The highest BCUT2D eigenvalue weighted by molar-refractivity contribution is 7.89. The van der Waals surface area contributed by atoms with Crippen LogP contribution < -0.4 is 30.7 Å².